The Morgan fingerprint density at radius 2 is 1.59 bits per heavy atom. The number of amides is 2. The molecule has 4 nitrogen and oxygen atoms in total. The second-order valence-electron chi connectivity index (χ2n) is 9.59. The minimum atomic E-state index is -0.373. The van der Waals surface area contributed by atoms with Crippen LogP contribution >= 0.6 is 0 Å². The molecule has 0 fully saturated rings. The maximum atomic E-state index is 12.9. The van der Waals surface area contributed by atoms with Gasteiger partial charge in [-0.1, -0.05) is 83.9 Å². The number of aryl methyl sites for hydroxylation is 1. The van der Waals surface area contributed by atoms with Crippen molar-refractivity contribution in [1.29, 1.82) is 0 Å². The van der Waals surface area contributed by atoms with Crippen molar-refractivity contribution in [3.05, 3.63) is 65.4 Å². The van der Waals surface area contributed by atoms with Crippen LogP contribution in [0.3, 0.4) is 0 Å². The average Bonchev–Trinajstić information content (AvgIpc) is 3.10. The summed E-state index contributed by atoms with van der Waals surface area (Å²) >= 11 is 0. The largest absolute Gasteiger partial charge is 0.351 e. The molecule has 2 aromatic carbocycles. The molecule has 1 unspecified atom stereocenters. The molecular formula is C28H39N3O. The maximum absolute atomic E-state index is 12.9. The lowest BCUT2D eigenvalue weighted by molar-refractivity contribution is 0.253. The van der Waals surface area contributed by atoms with E-state index in [0.717, 1.165) is 24.9 Å². The number of urea groups is 1. The lowest BCUT2D eigenvalue weighted by atomic mass is 9.89. The van der Waals surface area contributed by atoms with Crippen molar-refractivity contribution in [2.24, 2.45) is 12.8 Å². The van der Waals surface area contributed by atoms with Crippen LogP contribution in [-0.2, 0) is 7.05 Å². The number of rotatable bonds is 9. The number of nitrogens with two attached hydrogens (primary N) is 1. The highest BCUT2D eigenvalue weighted by Crippen LogP contribution is 2.38. The molecule has 0 aliphatic carbocycles. The Morgan fingerprint density at radius 1 is 0.969 bits per heavy atom. The lowest BCUT2D eigenvalue weighted by Gasteiger charge is -2.32. The predicted molar refractivity (Wildman–Crippen MR) is 137 cm³/mol. The number of fused-ring (bicyclic) bond motifs is 1. The van der Waals surface area contributed by atoms with E-state index in [0.29, 0.717) is 18.4 Å². The third kappa shape index (κ3) is 4.85. The van der Waals surface area contributed by atoms with Gasteiger partial charge in [0.1, 0.15) is 0 Å². The van der Waals surface area contributed by atoms with Crippen molar-refractivity contribution >= 4 is 22.6 Å². The van der Waals surface area contributed by atoms with Crippen LogP contribution in [0.1, 0.15) is 88.3 Å². The van der Waals surface area contributed by atoms with E-state index >= 15 is 0 Å². The molecule has 0 bridgehead atoms. The van der Waals surface area contributed by atoms with Gasteiger partial charge in [0.15, 0.2) is 0 Å². The smallest absolute Gasteiger partial charge is 0.319 e. The van der Waals surface area contributed by atoms with E-state index in [2.05, 4.69) is 94.9 Å². The van der Waals surface area contributed by atoms with Crippen molar-refractivity contribution in [1.82, 2.24) is 4.57 Å². The number of anilines is 1. The van der Waals surface area contributed by atoms with Crippen molar-refractivity contribution in [2.45, 2.75) is 71.6 Å². The summed E-state index contributed by atoms with van der Waals surface area (Å²) in [6, 6.07) is 14.5. The van der Waals surface area contributed by atoms with Crippen molar-refractivity contribution in [3.8, 4) is 0 Å². The minimum absolute atomic E-state index is 0.216. The van der Waals surface area contributed by atoms with Crippen LogP contribution < -0.4 is 10.6 Å². The molecule has 2 N–H and O–H groups in total. The Kier molecular flexibility index (Phi) is 7.65. The van der Waals surface area contributed by atoms with Crippen LogP contribution in [0.25, 0.3) is 10.9 Å². The Morgan fingerprint density at radius 3 is 2.16 bits per heavy atom. The van der Waals surface area contributed by atoms with Crippen molar-refractivity contribution in [3.63, 3.8) is 0 Å². The Bertz CT molecular complexity index is 1040. The Balaban J connectivity index is 2.13. The molecule has 1 heterocycles. The van der Waals surface area contributed by atoms with Crippen LogP contribution in [0.2, 0.25) is 0 Å². The minimum Gasteiger partial charge on any atom is -0.351 e. The van der Waals surface area contributed by atoms with Gasteiger partial charge < -0.3 is 10.3 Å². The third-order valence-electron chi connectivity index (χ3n) is 6.56. The number of unbranched alkanes of at least 4 members (excludes halogenated alkanes) is 1. The molecule has 0 saturated carbocycles. The van der Waals surface area contributed by atoms with Gasteiger partial charge in [0.25, 0.3) is 0 Å². The summed E-state index contributed by atoms with van der Waals surface area (Å²) in [6.07, 6.45) is 5.50. The van der Waals surface area contributed by atoms with Gasteiger partial charge in [0.2, 0.25) is 0 Å². The van der Waals surface area contributed by atoms with Gasteiger partial charge >= 0.3 is 6.03 Å². The van der Waals surface area contributed by atoms with Gasteiger partial charge in [0, 0.05) is 36.6 Å². The van der Waals surface area contributed by atoms with E-state index in [4.69, 9.17) is 5.73 Å². The fourth-order valence-corrected chi connectivity index (χ4v) is 4.83. The standard InChI is InChI=1S/C28H39N3O/c1-7-8-12-21(25-18-30(6)26-16-10-9-13-24(25)26)17-31(28(29)32)27-22(19(2)3)14-11-15-23(27)20(4)5/h9-11,13-16,18-21H,7-8,12,17H2,1-6H3,(H2,29,32). The first-order valence-corrected chi connectivity index (χ1v) is 12.0. The molecule has 0 saturated heterocycles. The molecule has 0 aliphatic heterocycles. The third-order valence-corrected chi connectivity index (χ3v) is 6.56. The molecule has 0 radical (unpaired) electrons. The van der Waals surface area contributed by atoms with Crippen LogP contribution in [-0.4, -0.2) is 17.1 Å². The molecule has 0 spiro atoms. The van der Waals surface area contributed by atoms with E-state index in [9.17, 15) is 4.79 Å². The number of benzene rings is 2. The summed E-state index contributed by atoms with van der Waals surface area (Å²) in [5.74, 6) is 0.822. The molecule has 172 valence electrons. The lowest BCUT2D eigenvalue weighted by Crippen LogP contribution is -2.40. The number of nitrogens with zero attached hydrogens (tertiary/aromatic N) is 2. The fraction of sp³-hybridized carbons (Fsp3) is 0.464. The summed E-state index contributed by atoms with van der Waals surface area (Å²) in [6.45, 7) is 11.5. The van der Waals surface area contributed by atoms with Crippen LogP contribution in [0.15, 0.2) is 48.7 Å². The molecule has 3 aromatic rings. The summed E-state index contributed by atoms with van der Waals surface area (Å²) < 4.78 is 2.19. The monoisotopic (exact) mass is 433 g/mol. The summed E-state index contributed by atoms with van der Waals surface area (Å²) in [7, 11) is 2.10. The second-order valence-corrected chi connectivity index (χ2v) is 9.59. The first-order chi connectivity index (χ1) is 15.3. The average molecular weight is 434 g/mol. The van der Waals surface area contributed by atoms with Gasteiger partial charge in [-0.2, -0.15) is 0 Å². The number of aromatic nitrogens is 1. The molecular weight excluding hydrogens is 394 g/mol. The van der Waals surface area contributed by atoms with Gasteiger partial charge in [-0.25, -0.2) is 4.79 Å². The van der Waals surface area contributed by atoms with Crippen LogP contribution in [0, 0.1) is 0 Å². The van der Waals surface area contributed by atoms with Gasteiger partial charge in [-0.15, -0.1) is 0 Å². The van der Waals surface area contributed by atoms with E-state index in [-0.39, 0.29) is 11.9 Å². The summed E-state index contributed by atoms with van der Waals surface area (Å²) in [5, 5.41) is 1.27. The fourth-order valence-electron chi connectivity index (χ4n) is 4.83. The van der Waals surface area contributed by atoms with Crippen molar-refractivity contribution < 1.29 is 4.79 Å². The van der Waals surface area contributed by atoms with Crippen molar-refractivity contribution in [2.75, 3.05) is 11.4 Å². The highest BCUT2D eigenvalue weighted by atomic mass is 16.2. The molecule has 2 amide bonds. The highest BCUT2D eigenvalue weighted by molar-refractivity contribution is 5.93. The number of primary amides is 1. The molecule has 1 aromatic heterocycles. The van der Waals surface area contributed by atoms with Crippen LogP contribution in [0.4, 0.5) is 10.5 Å². The number of carbonyl (C=O) groups excluding carboxylic acids is 1. The van der Waals surface area contributed by atoms with Gasteiger partial charge in [0.05, 0.1) is 5.69 Å². The topological polar surface area (TPSA) is 51.3 Å². The SMILES string of the molecule is CCCCC(CN(C(N)=O)c1c(C(C)C)cccc1C(C)C)c1cn(C)c2ccccc12. The summed E-state index contributed by atoms with van der Waals surface area (Å²) in [5.41, 5.74) is 12.0. The molecule has 1 atom stereocenters. The number of hydrogen-bond acceptors (Lipinski definition) is 1. The molecule has 0 aliphatic rings. The van der Waals surface area contributed by atoms with E-state index in [1.54, 1.807) is 0 Å². The maximum Gasteiger partial charge on any atom is 0.319 e. The summed E-state index contributed by atoms with van der Waals surface area (Å²) in [4.78, 5) is 14.8. The second kappa shape index (κ2) is 10.2. The van der Waals surface area contributed by atoms with E-state index in [1.807, 2.05) is 4.90 Å². The number of para-hydroxylation sites is 2. The zero-order valence-corrected chi connectivity index (χ0v) is 20.6. The number of hydrogen-bond donors (Lipinski definition) is 1. The van der Waals surface area contributed by atoms with Crippen LogP contribution in [0.5, 0.6) is 0 Å². The first kappa shape index (κ1) is 23.9. The first-order valence-electron chi connectivity index (χ1n) is 12.0. The predicted octanol–water partition coefficient (Wildman–Crippen LogP) is 7.28. The highest BCUT2D eigenvalue weighted by Gasteiger charge is 2.27. The molecule has 4 heteroatoms. The Labute approximate surface area is 193 Å². The van der Waals surface area contributed by atoms with E-state index < -0.39 is 0 Å². The van der Waals surface area contributed by atoms with Gasteiger partial charge in [-0.3, -0.25) is 4.90 Å². The van der Waals surface area contributed by atoms with E-state index in [1.165, 1.54) is 27.6 Å². The van der Waals surface area contributed by atoms with Gasteiger partial charge in [-0.05, 0) is 41.0 Å². The quantitative estimate of drug-likeness (QED) is 0.378. The number of carbonyl (C=O) groups is 1. The molecule has 3 rings (SSSR count). The zero-order valence-electron chi connectivity index (χ0n) is 20.6. The normalized spacial score (nSPS) is 12.6. The molecule has 32 heavy (non-hydrogen) atoms. The Hall–Kier alpha value is -2.75. The zero-order chi connectivity index (χ0) is 23.4.